The number of nitrogens with one attached hydrogen (secondary N) is 1. The lowest BCUT2D eigenvalue weighted by Gasteiger charge is -2.37. The quantitative estimate of drug-likeness (QED) is 0.761. The van der Waals surface area contributed by atoms with Crippen LogP contribution in [0.25, 0.3) is 0 Å². The van der Waals surface area contributed by atoms with Gasteiger partial charge in [-0.2, -0.15) is 0 Å². The van der Waals surface area contributed by atoms with E-state index >= 15 is 0 Å². The molecule has 2 rings (SSSR count). The summed E-state index contributed by atoms with van der Waals surface area (Å²) in [5, 5.41) is 6.64. The highest BCUT2D eigenvalue weighted by Crippen LogP contribution is 2.24. The van der Waals surface area contributed by atoms with Crippen molar-refractivity contribution < 1.29 is 9.59 Å². The Kier molecular flexibility index (Phi) is 5.08. The average Bonchev–Trinajstić information content (AvgIpc) is 2.68. The molecular formula is C12H23N3O2. The van der Waals surface area contributed by atoms with E-state index in [1.807, 2.05) is 18.9 Å². The van der Waals surface area contributed by atoms with Gasteiger partial charge in [-0.15, -0.1) is 0 Å². The highest BCUT2D eigenvalue weighted by Gasteiger charge is 2.44. The SMILES string of the molecule is CC.CNC1CN2CCCC(C(C)=O)N2C1=O. The summed E-state index contributed by atoms with van der Waals surface area (Å²) in [6.45, 7) is 7.14. The van der Waals surface area contributed by atoms with Crippen LogP contribution in [0.15, 0.2) is 0 Å². The smallest absolute Gasteiger partial charge is 0.256 e. The highest BCUT2D eigenvalue weighted by molar-refractivity contribution is 5.90. The van der Waals surface area contributed by atoms with E-state index in [1.54, 1.807) is 19.0 Å². The zero-order chi connectivity index (χ0) is 13.0. The van der Waals surface area contributed by atoms with Gasteiger partial charge in [0.05, 0.1) is 0 Å². The third-order valence-electron chi connectivity index (χ3n) is 3.23. The van der Waals surface area contributed by atoms with Crippen molar-refractivity contribution in [2.45, 2.75) is 45.7 Å². The van der Waals surface area contributed by atoms with Crippen LogP contribution in [-0.2, 0) is 9.59 Å². The molecular weight excluding hydrogens is 218 g/mol. The molecule has 5 nitrogen and oxygen atoms in total. The molecule has 2 atom stereocenters. The maximum absolute atomic E-state index is 12.0. The van der Waals surface area contributed by atoms with E-state index in [4.69, 9.17) is 0 Å². The predicted octanol–water partition coefficient (Wildman–Crippen LogP) is 0.411. The van der Waals surface area contributed by atoms with Crippen molar-refractivity contribution in [3.8, 4) is 0 Å². The normalized spacial score (nSPS) is 28.5. The van der Waals surface area contributed by atoms with Crippen LogP contribution in [0.5, 0.6) is 0 Å². The summed E-state index contributed by atoms with van der Waals surface area (Å²) < 4.78 is 0. The minimum Gasteiger partial charge on any atom is -0.308 e. The molecule has 2 aliphatic rings. The van der Waals surface area contributed by atoms with Crippen LogP contribution in [0.2, 0.25) is 0 Å². The van der Waals surface area contributed by atoms with Gasteiger partial charge in [0.25, 0.3) is 5.91 Å². The Balaban J connectivity index is 0.000000686. The zero-order valence-electron chi connectivity index (χ0n) is 11.2. The Bertz CT molecular complexity index is 293. The van der Waals surface area contributed by atoms with Gasteiger partial charge in [-0.3, -0.25) is 14.6 Å². The first-order chi connectivity index (χ1) is 8.15. The van der Waals surface area contributed by atoms with E-state index < -0.39 is 0 Å². The van der Waals surface area contributed by atoms with E-state index in [0.717, 1.165) is 19.4 Å². The molecule has 2 unspecified atom stereocenters. The standard InChI is InChI=1S/C10H17N3O2.C2H6/c1-7(14)9-4-3-5-12-6-8(11-2)10(15)13(9)12;1-2/h8-9,11H,3-6H2,1-2H3;1-2H3. The number of nitrogens with zero attached hydrogens (tertiary/aromatic N) is 2. The summed E-state index contributed by atoms with van der Waals surface area (Å²) in [5.41, 5.74) is 0. The Hall–Kier alpha value is -0.940. The molecule has 1 N–H and O–H groups in total. The topological polar surface area (TPSA) is 52.7 Å². The van der Waals surface area contributed by atoms with Crippen LogP contribution in [-0.4, -0.2) is 53.9 Å². The summed E-state index contributed by atoms with van der Waals surface area (Å²) in [7, 11) is 1.78. The first kappa shape index (κ1) is 14.1. The molecule has 0 bridgehead atoms. The number of ketones is 1. The van der Waals surface area contributed by atoms with Crippen molar-refractivity contribution in [1.82, 2.24) is 15.3 Å². The summed E-state index contributed by atoms with van der Waals surface area (Å²) in [5.74, 6) is 0.127. The van der Waals surface area contributed by atoms with Gasteiger partial charge < -0.3 is 5.32 Å². The van der Waals surface area contributed by atoms with E-state index in [-0.39, 0.29) is 23.8 Å². The lowest BCUT2D eigenvalue weighted by atomic mass is 10.1. The number of amides is 1. The van der Waals surface area contributed by atoms with Crippen molar-refractivity contribution in [2.24, 2.45) is 0 Å². The number of carbonyl (C=O) groups is 2. The molecule has 5 heteroatoms. The maximum Gasteiger partial charge on any atom is 0.256 e. The second-order valence-electron chi connectivity index (χ2n) is 4.21. The molecule has 1 amide bonds. The Morgan fingerprint density at radius 2 is 2.06 bits per heavy atom. The highest BCUT2D eigenvalue weighted by atomic mass is 16.2. The Labute approximate surface area is 103 Å². The Morgan fingerprint density at radius 1 is 1.41 bits per heavy atom. The van der Waals surface area contributed by atoms with Crippen molar-refractivity contribution in [2.75, 3.05) is 20.1 Å². The second kappa shape index (κ2) is 6.12. The molecule has 0 aromatic carbocycles. The van der Waals surface area contributed by atoms with E-state index in [2.05, 4.69) is 5.32 Å². The monoisotopic (exact) mass is 241 g/mol. The number of hydrogen-bond donors (Lipinski definition) is 1. The van der Waals surface area contributed by atoms with Gasteiger partial charge in [-0.25, -0.2) is 5.01 Å². The van der Waals surface area contributed by atoms with Gasteiger partial charge in [0.2, 0.25) is 0 Å². The molecule has 98 valence electrons. The molecule has 0 aromatic rings. The van der Waals surface area contributed by atoms with Crippen LogP contribution < -0.4 is 5.32 Å². The van der Waals surface area contributed by atoms with Crippen LogP contribution in [0.3, 0.4) is 0 Å². The van der Waals surface area contributed by atoms with Gasteiger partial charge in [-0.1, -0.05) is 13.8 Å². The van der Waals surface area contributed by atoms with Gasteiger partial charge in [0.1, 0.15) is 12.1 Å². The van der Waals surface area contributed by atoms with Gasteiger partial charge >= 0.3 is 0 Å². The van der Waals surface area contributed by atoms with E-state index in [1.165, 1.54) is 0 Å². The third-order valence-corrected chi connectivity index (χ3v) is 3.23. The van der Waals surface area contributed by atoms with Crippen molar-refractivity contribution in [3.63, 3.8) is 0 Å². The average molecular weight is 241 g/mol. The molecule has 0 aromatic heterocycles. The number of Topliss-reactive ketones (excluding diaryl/α,β-unsaturated/α-hetero) is 1. The number of likely N-dealkylation sites (N-methyl/N-ethyl adjacent to an activating group) is 1. The molecule has 17 heavy (non-hydrogen) atoms. The maximum atomic E-state index is 12.0. The molecule has 0 spiro atoms. The lowest BCUT2D eigenvalue weighted by Crippen LogP contribution is -2.53. The fraction of sp³-hybridized carbons (Fsp3) is 0.833. The fourth-order valence-electron chi connectivity index (χ4n) is 2.41. The molecule has 0 saturated carbocycles. The zero-order valence-corrected chi connectivity index (χ0v) is 11.2. The van der Waals surface area contributed by atoms with Gasteiger partial charge in [0.15, 0.2) is 5.78 Å². The van der Waals surface area contributed by atoms with E-state index in [0.29, 0.717) is 6.54 Å². The molecule has 0 radical (unpaired) electrons. The summed E-state index contributed by atoms with van der Waals surface area (Å²) in [6, 6.07) is -0.380. The van der Waals surface area contributed by atoms with Crippen LogP contribution in [0, 0.1) is 0 Å². The number of rotatable bonds is 2. The van der Waals surface area contributed by atoms with Crippen LogP contribution >= 0.6 is 0 Å². The van der Waals surface area contributed by atoms with E-state index in [9.17, 15) is 9.59 Å². The second-order valence-corrected chi connectivity index (χ2v) is 4.21. The van der Waals surface area contributed by atoms with Crippen LogP contribution in [0.4, 0.5) is 0 Å². The predicted molar refractivity (Wildman–Crippen MR) is 66.3 cm³/mol. The number of hydrazine groups is 1. The third kappa shape index (κ3) is 2.66. The van der Waals surface area contributed by atoms with Crippen molar-refractivity contribution in [3.05, 3.63) is 0 Å². The van der Waals surface area contributed by atoms with Crippen molar-refractivity contribution in [1.29, 1.82) is 0 Å². The molecule has 0 aliphatic carbocycles. The summed E-state index contributed by atoms with van der Waals surface area (Å²) in [6.07, 6.45) is 1.79. The lowest BCUT2D eigenvalue weighted by molar-refractivity contribution is -0.154. The molecule has 2 heterocycles. The minimum atomic E-state index is -0.232. The number of carbonyl (C=O) groups excluding carboxylic acids is 2. The number of hydrogen-bond acceptors (Lipinski definition) is 4. The van der Waals surface area contributed by atoms with Gasteiger partial charge in [0, 0.05) is 13.1 Å². The fourth-order valence-corrected chi connectivity index (χ4v) is 2.41. The molecule has 2 saturated heterocycles. The van der Waals surface area contributed by atoms with Crippen molar-refractivity contribution >= 4 is 11.7 Å². The molecule has 2 aliphatic heterocycles. The van der Waals surface area contributed by atoms with Gasteiger partial charge in [-0.05, 0) is 26.8 Å². The first-order valence-corrected chi connectivity index (χ1v) is 6.41. The Morgan fingerprint density at radius 3 is 2.59 bits per heavy atom. The summed E-state index contributed by atoms with van der Waals surface area (Å²) in [4.78, 5) is 23.4. The largest absolute Gasteiger partial charge is 0.308 e. The number of fused-ring (bicyclic) bond motifs is 1. The minimum absolute atomic E-state index is 0.0393. The summed E-state index contributed by atoms with van der Waals surface area (Å²) >= 11 is 0. The molecule has 2 fully saturated rings. The van der Waals surface area contributed by atoms with Crippen LogP contribution in [0.1, 0.15) is 33.6 Å². The first-order valence-electron chi connectivity index (χ1n) is 6.41.